The summed E-state index contributed by atoms with van der Waals surface area (Å²) in [5.74, 6) is 0.140. The van der Waals surface area contributed by atoms with Crippen LogP contribution in [-0.2, 0) is 14.8 Å². The van der Waals surface area contributed by atoms with Crippen molar-refractivity contribution in [2.45, 2.75) is 45.1 Å². The number of hydrogen-bond donors (Lipinski definition) is 3. The fraction of sp³-hybridized carbons (Fsp3) is 0.588. The second-order valence-corrected chi connectivity index (χ2v) is 9.13. The van der Waals surface area contributed by atoms with Crippen LogP contribution in [0.1, 0.15) is 33.3 Å². The number of sulfonamides is 1. The lowest BCUT2D eigenvalue weighted by Crippen LogP contribution is -2.48. The van der Waals surface area contributed by atoms with Crippen molar-refractivity contribution in [2.75, 3.05) is 18.4 Å². The van der Waals surface area contributed by atoms with E-state index in [-0.39, 0.29) is 29.1 Å². The summed E-state index contributed by atoms with van der Waals surface area (Å²) >= 11 is 0. The minimum Gasteiger partial charge on any atom is -0.326 e. The van der Waals surface area contributed by atoms with Crippen molar-refractivity contribution >= 4 is 34.0 Å². The molecule has 1 aromatic carbocycles. The molecule has 0 bridgehead atoms. The summed E-state index contributed by atoms with van der Waals surface area (Å²) in [6, 6.07) is 4.93. The van der Waals surface area contributed by atoms with E-state index in [0.29, 0.717) is 17.2 Å². The van der Waals surface area contributed by atoms with E-state index in [0.717, 1.165) is 13.1 Å². The van der Waals surface area contributed by atoms with Gasteiger partial charge in [-0.2, -0.15) is 0 Å². The Hall–Kier alpha value is -1.15. The highest BCUT2D eigenvalue weighted by atomic mass is 35.5. The van der Waals surface area contributed by atoms with Crippen LogP contribution in [0.4, 0.5) is 5.69 Å². The van der Waals surface area contributed by atoms with Gasteiger partial charge in [0.25, 0.3) is 0 Å². The lowest BCUT2D eigenvalue weighted by atomic mass is 9.88. The Morgan fingerprint density at radius 2 is 1.88 bits per heavy atom. The number of nitrogens with one attached hydrogen (secondary N) is 3. The molecule has 142 valence electrons. The third kappa shape index (κ3) is 5.41. The summed E-state index contributed by atoms with van der Waals surface area (Å²) in [7, 11) is -3.65. The third-order valence-corrected chi connectivity index (χ3v) is 6.11. The van der Waals surface area contributed by atoms with E-state index in [1.165, 1.54) is 0 Å². The van der Waals surface area contributed by atoms with Crippen LogP contribution in [0.3, 0.4) is 0 Å². The van der Waals surface area contributed by atoms with E-state index in [2.05, 4.69) is 15.4 Å². The SMILES string of the molecule is Cc1c(NC(=O)C(C)C2CNC2)cccc1S(=O)(=O)NC(C)(C)C.Cl. The number of hydrogen-bond acceptors (Lipinski definition) is 4. The number of halogens is 1. The van der Waals surface area contributed by atoms with Gasteiger partial charge in [-0.3, -0.25) is 4.79 Å². The second-order valence-electron chi connectivity index (χ2n) is 7.48. The Bertz CT molecular complexity index is 725. The zero-order chi connectivity index (χ0) is 18.1. The van der Waals surface area contributed by atoms with E-state index in [1.807, 2.05) is 6.92 Å². The van der Waals surface area contributed by atoms with Crippen molar-refractivity contribution < 1.29 is 13.2 Å². The number of carbonyl (C=O) groups excluding carboxylic acids is 1. The molecule has 25 heavy (non-hydrogen) atoms. The van der Waals surface area contributed by atoms with E-state index in [9.17, 15) is 13.2 Å². The Labute approximate surface area is 156 Å². The molecule has 3 N–H and O–H groups in total. The van der Waals surface area contributed by atoms with Gasteiger partial charge in [0.05, 0.1) is 4.90 Å². The zero-order valence-corrected chi connectivity index (χ0v) is 17.0. The summed E-state index contributed by atoms with van der Waals surface area (Å²) in [4.78, 5) is 12.6. The third-order valence-electron chi connectivity index (χ3n) is 4.21. The summed E-state index contributed by atoms with van der Waals surface area (Å²) < 4.78 is 27.8. The van der Waals surface area contributed by atoms with Gasteiger partial charge in [0, 0.05) is 17.1 Å². The van der Waals surface area contributed by atoms with Crippen LogP contribution in [0, 0.1) is 18.8 Å². The number of benzene rings is 1. The molecule has 0 radical (unpaired) electrons. The molecule has 1 saturated heterocycles. The van der Waals surface area contributed by atoms with Crippen molar-refractivity contribution in [1.29, 1.82) is 0 Å². The van der Waals surface area contributed by atoms with Crippen molar-refractivity contribution in [1.82, 2.24) is 10.0 Å². The first-order valence-corrected chi connectivity index (χ1v) is 9.65. The fourth-order valence-corrected chi connectivity index (χ4v) is 4.31. The van der Waals surface area contributed by atoms with Crippen LogP contribution in [-0.4, -0.2) is 33.0 Å². The maximum Gasteiger partial charge on any atom is 0.241 e. The van der Waals surface area contributed by atoms with Crippen LogP contribution in [0.5, 0.6) is 0 Å². The van der Waals surface area contributed by atoms with Crippen molar-refractivity contribution in [2.24, 2.45) is 11.8 Å². The van der Waals surface area contributed by atoms with Gasteiger partial charge in [0.15, 0.2) is 0 Å². The Morgan fingerprint density at radius 3 is 2.36 bits per heavy atom. The first kappa shape index (κ1) is 21.9. The topological polar surface area (TPSA) is 87.3 Å². The van der Waals surface area contributed by atoms with Gasteiger partial charge in [0.1, 0.15) is 0 Å². The molecule has 0 aliphatic carbocycles. The molecule has 1 aromatic rings. The first-order chi connectivity index (χ1) is 11.0. The number of carbonyl (C=O) groups is 1. The Morgan fingerprint density at radius 1 is 1.28 bits per heavy atom. The molecule has 8 heteroatoms. The maximum atomic E-state index is 12.6. The minimum absolute atomic E-state index is 0. The second kappa shape index (κ2) is 8.03. The summed E-state index contributed by atoms with van der Waals surface area (Å²) in [6.45, 7) is 10.7. The van der Waals surface area contributed by atoms with Gasteiger partial charge in [-0.25, -0.2) is 13.1 Å². The first-order valence-electron chi connectivity index (χ1n) is 8.16. The minimum atomic E-state index is -3.65. The van der Waals surface area contributed by atoms with Gasteiger partial charge in [-0.15, -0.1) is 12.4 Å². The van der Waals surface area contributed by atoms with Crippen LogP contribution in [0.15, 0.2) is 23.1 Å². The molecule has 0 spiro atoms. The van der Waals surface area contributed by atoms with Crippen LogP contribution < -0.4 is 15.4 Å². The molecule has 0 aromatic heterocycles. The largest absolute Gasteiger partial charge is 0.326 e. The summed E-state index contributed by atoms with van der Waals surface area (Å²) in [5.41, 5.74) is 0.508. The van der Waals surface area contributed by atoms with Gasteiger partial charge >= 0.3 is 0 Å². The van der Waals surface area contributed by atoms with Gasteiger partial charge in [0.2, 0.25) is 15.9 Å². The molecular weight excluding hydrogens is 362 g/mol. The molecular formula is C17H28ClN3O3S. The average molecular weight is 390 g/mol. The Balaban J connectivity index is 0.00000312. The molecule has 6 nitrogen and oxygen atoms in total. The molecule has 1 unspecified atom stereocenters. The average Bonchev–Trinajstić information content (AvgIpc) is 2.35. The van der Waals surface area contributed by atoms with Crippen molar-refractivity contribution in [3.63, 3.8) is 0 Å². The highest BCUT2D eigenvalue weighted by Gasteiger charge is 2.29. The highest BCUT2D eigenvalue weighted by molar-refractivity contribution is 7.89. The van der Waals surface area contributed by atoms with Crippen molar-refractivity contribution in [3.05, 3.63) is 23.8 Å². The van der Waals surface area contributed by atoms with Crippen molar-refractivity contribution in [3.8, 4) is 0 Å². The lowest BCUT2D eigenvalue weighted by Gasteiger charge is -2.31. The van der Waals surface area contributed by atoms with Crippen LogP contribution >= 0.6 is 12.4 Å². The predicted molar refractivity (Wildman–Crippen MR) is 103 cm³/mol. The van der Waals surface area contributed by atoms with Crippen LogP contribution in [0.2, 0.25) is 0 Å². The van der Waals surface area contributed by atoms with Gasteiger partial charge in [-0.1, -0.05) is 13.0 Å². The molecule has 1 aliphatic rings. The van der Waals surface area contributed by atoms with Crippen LogP contribution in [0.25, 0.3) is 0 Å². The smallest absolute Gasteiger partial charge is 0.241 e. The quantitative estimate of drug-likeness (QED) is 0.721. The fourth-order valence-electron chi connectivity index (χ4n) is 2.62. The van der Waals surface area contributed by atoms with E-state index >= 15 is 0 Å². The zero-order valence-electron chi connectivity index (χ0n) is 15.3. The monoisotopic (exact) mass is 389 g/mol. The van der Waals surface area contributed by atoms with Gasteiger partial charge < -0.3 is 10.6 Å². The molecule has 1 aliphatic heterocycles. The molecule has 1 fully saturated rings. The molecule has 0 saturated carbocycles. The molecule has 1 heterocycles. The van der Waals surface area contributed by atoms with E-state index in [4.69, 9.17) is 0 Å². The standard InChI is InChI=1S/C17H27N3O3S.ClH/c1-11(13-9-18-10-13)16(21)19-14-7-6-8-15(12(14)2)24(22,23)20-17(3,4)5;/h6-8,11,13,18,20H,9-10H2,1-5H3,(H,19,21);1H. The predicted octanol–water partition coefficient (Wildman–Crippen LogP) is 2.29. The molecule has 1 atom stereocenters. The van der Waals surface area contributed by atoms with E-state index in [1.54, 1.807) is 45.9 Å². The normalized spacial score (nSPS) is 16.5. The number of amides is 1. The Kier molecular flexibility index (Phi) is 7.03. The summed E-state index contributed by atoms with van der Waals surface area (Å²) in [5, 5.41) is 6.03. The number of anilines is 1. The molecule has 2 rings (SSSR count). The number of rotatable bonds is 5. The molecule has 1 amide bonds. The summed E-state index contributed by atoms with van der Waals surface area (Å²) in [6.07, 6.45) is 0. The maximum absolute atomic E-state index is 12.6. The van der Waals surface area contributed by atoms with E-state index < -0.39 is 15.6 Å². The highest BCUT2D eigenvalue weighted by Crippen LogP contribution is 2.25. The lowest BCUT2D eigenvalue weighted by molar-refractivity contribution is -0.121. The van der Waals surface area contributed by atoms with Gasteiger partial charge in [-0.05, 0) is 64.4 Å².